The van der Waals surface area contributed by atoms with Crippen molar-refractivity contribution in [2.24, 2.45) is 0 Å². The van der Waals surface area contributed by atoms with Crippen LogP contribution in [0.15, 0.2) is 12.1 Å². The lowest BCUT2D eigenvalue weighted by atomic mass is 10.1. The molecule has 0 bridgehead atoms. The summed E-state index contributed by atoms with van der Waals surface area (Å²) in [6, 6.07) is 2.95. The first kappa shape index (κ1) is 10.2. The number of benzene rings is 1. The van der Waals surface area contributed by atoms with Gasteiger partial charge in [-0.3, -0.25) is 9.59 Å². The second kappa shape index (κ2) is 4.41. The van der Waals surface area contributed by atoms with Crippen LogP contribution in [0.5, 0.6) is 11.5 Å². The smallest absolute Gasteiger partial charge is 0.238 e. The summed E-state index contributed by atoms with van der Waals surface area (Å²) in [6.45, 7) is 0. The van der Waals surface area contributed by atoms with E-state index in [0.29, 0.717) is 5.75 Å². The molecule has 0 N–H and O–H groups in total. The molecular weight excluding hydrogens is 184 g/mol. The fourth-order valence-electron chi connectivity index (χ4n) is 1.11. The van der Waals surface area contributed by atoms with Gasteiger partial charge in [0, 0.05) is 5.56 Å². The first-order valence-corrected chi connectivity index (χ1v) is 3.79. The zero-order valence-corrected chi connectivity index (χ0v) is 7.79. The molecule has 72 valence electrons. The van der Waals surface area contributed by atoms with Crippen LogP contribution in [0.3, 0.4) is 0 Å². The van der Waals surface area contributed by atoms with Crippen LogP contribution in [0.1, 0.15) is 11.1 Å². The molecule has 4 heteroatoms. The van der Waals surface area contributed by atoms with E-state index >= 15 is 0 Å². The third-order valence-corrected chi connectivity index (χ3v) is 1.76. The van der Waals surface area contributed by atoms with Crippen molar-refractivity contribution < 1.29 is 19.1 Å². The Kier molecular flexibility index (Phi) is 3.23. The molecule has 0 aliphatic rings. The van der Waals surface area contributed by atoms with E-state index in [1.54, 1.807) is 12.6 Å². The maximum absolute atomic E-state index is 10.6. The second-order valence-corrected chi connectivity index (χ2v) is 2.43. The Bertz CT molecular complexity index is 357. The molecule has 0 aliphatic heterocycles. The lowest BCUT2D eigenvalue weighted by molar-refractivity contribution is 0.354. The summed E-state index contributed by atoms with van der Waals surface area (Å²) < 4.78 is 9.88. The molecule has 0 saturated heterocycles. The van der Waals surface area contributed by atoms with E-state index in [2.05, 4.69) is 0 Å². The predicted molar refractivity (Wildman–Crippen MR) is 49.1 cm³/mol. The lowest BCUT2D eigenvalue weighted by Crippen LogP contribution is -1.99. The molecule has 2 radical (unpaired) electrons. The Balaban J connectivity index is 3.43. The van der Waals surface area contributed by atoms with Crippen molar-refractivity contribution in [1.29, 1.82) is 0 Å². The fourth-order valence-corrected chi connectivity index (χ4v) is 1.11. The highest BCUT2D eigenvalue weighted by molar-refractivity contribution is 5.94. The number of rotatable bonds is 4. The van der Waals surface area contributed by atoms with Crippen molar-refractivity contribution in [1.82, 2.24) is 0 Å². The molecule has 0 atom stereocenters. The zero-order chi connectivity index (χ0) is 10.6. The number of hydrogen-bond acceptors (Lipinski definition) is 4. The number of carbonyl (C=O) groups excluding carboxylic acids is 2. The molecule has 0 saturated carbocycles. The van der Waals surface area contributed by atoms with Gasteiger partial charge in [0.25, 0.3) is 0 Å². The highest BCUT2D eigenvalue weighted by Gasteiger charge is 2.14. The van der Waals surface area contributed by atoms with E-state index in [4.69, 9.17) is 9.47 Å². The van der Waals surface area contributed by atoms with Crippen molar-refractivity contribution in [2.45, 2.75) is 0 Å². The molecule has 1 rings (SSSR count). The van der Waals surface area contributed by atoms with Crippen LogP contribution in [0, 0.1) is 0 Å². The van der Waals surface area contributed by atoms with E-state index < -0.39 is 0 Å². The summed E-state index contributed by atoms with van der Waals surface area (Å²) in [7, 11) is 2.82. The maximum atomic E-state index is 10.6. The maximum Gasteiger partial charge on any atom is 0.238 e. The predicted octanol–water partition coefficient (Wildman–Crippen LogP) is 0.619. The highest BCUT2D eigenvalue weighted by atomic mass is 16.5. The Morgan fingerprint density at radius 2 is 1.79 bits per heavy atom. The van der Waals surface area contributed by atoms with E-state index in [9.17, 15) is 9.59 Å². The highest BCUT2D eigenvalue weighted by Crippen LogP contribution is 2.31. The Hall–Kier alpha value is -1.84. The summed E-state index contributed by atoms with van der Waals surface area (Å²) >= 11 is 0. The average molecular weight is 192 g/mol. The van der Waals surface area contributed by atoms with Gasteiger partial charge in [-0.05, 0) is 12.1 Å². The standard InChI is InChI=1S/C10H8O4/c1-13-9-4-3-7(5-11)8(6-12)10(9)14-2/h3-4H,1-2H3. The van der Waals surface area contributed by atoms with Gasteiger partial charge < -0.3 is 9.47 Å². The van der Waals surface area contributed by atoms with Crippen molar-refractivity contribution in [3.05, 3.63) is 23.3 Å². The molecule has 0 unspecified atom stereocenters. The molecule has 14 heavy (non-hydrogen) atoms. The molecule has 1 aromatic carbocycles. The molecule has 1 aromatic rings. The first-order valence-electron chi connectivity index (χ1n) is 3.79. The summed E-state index contributed by atoms with van der Waals surface area (Å²) in [5.41, 5.74) is 0.138. The SMILES string of the molecule is COc1ccc([C]=O)c([C]=O)c1OC. The minimum absolute atomic E-state index is 0.0295. The van der Waals surface area contributed by atoms with Gasteiger partial charge in [0.05, 0.1) is 19.8 Å². The van der Waals surface area contributed by atoms with Crippen LogP contribution < -0.4 is 9.47 Å². The van der Waals surface area contributed by atoms with Crippen molar-refractivity contribution in [3.8, 4) is 11.5 Å². The van der Waals surface area contributed by atoms with Gasteiger partial charge in [0.15, 0.2) is 11.5 Å². The molecule has 0 aromatic heterocycles. The van der Waals surface area contributed by atoms with Crippen LogP contribution in [-0.4, -0.2) is 26.8 Å². The quantitative estimate of drug-likeness (QED) is 0.701. The van der Waals surface area contributed by atoms with Gasteiger partial charge in [-0.25, -0.2) is 0 Å². The van der Waals surface area contributed by atoms with Crippen LogP contribution in [-0.2, 0) is 9.59 Å². The second-order valence-electron chi connectivity index (χ2n) is 2.43. The molecule has 0 aliphatic carbocycles. The molecule has 0 spiro atoms. The molecule has 4 nitrogen and oxygen atoms in total. The lowest BCUT2D eigenvalue weighted by Gasteiger charge is -2.09. The fraction of sp³-hybridized carbons (Fsp3) is 0.200. The van der Waals surface area contributed by atoms with E-state index in [1.807, 2.05) is 0 Å². The molecular formula is C10H8O4. The zero-order valence-electron chi connectivity index (χ0n) is 7.79. The van der Waals surface area contributed by atoms with Crippen LogP contribution in [0.4, 0.5) is 0 Å². The molecule has 0 fully saturated rings. The minimum atomic E-state index is 0.0295. The molecule has 0 heterocycles. The van der Waals surface area contributed by atoms with Gasteiger partial charge in [0.2, 0.25) is 12.6 Å². The summed E-state index contributed by atoms with van der Waals surface area (Å²) in [5.74, 6) is 0.577. The van der Waals surface area contributed by atoms with Crippen LogP contribution in [0.25, 0.3) is 0 Å². The first-order chi connectivity index (χ1) is 6.78. The summed E-state index contributed by atoms with van der Waals surface area (Å²) in [6.07, 6.45) is 3.25. The summed E-state index contributed by atoms with van der Waals surface area (Å²) in [4.78, 5) is 21.0. The Morgan fingerprint density at radius 1 is 1.07 bits per heavy atom. The van der Waals surface area contributed by atoms with Gasteiger partial charge in [-0.2, -0.15) is 0 Å². The number of methoxy groups -OCH3 is 2. The minimum Gasteiger partial charge on any atom is -0.493 e. The van der Waals surface area contributed by atoms with Gasteiger partial charge in [-0.1, -0.05) is 0 Å². The van der Waals surface area contributed by atoms with Crippen molar-refractivity contribution >= 4 is 12.6 Å². The largest absolute Gasteiger partial charge is 0.493 e. The van der Waals surface area contributed by atoms with E-state index in [0.717, 1.165) is 0 Å². The Morgan fingerprint density at radius 3 is 2.21 bits per heavy atom. The van der Waals surface area contributed by atoms with E-state index in [1.165, 1.54) is 26.4 Å². The van der Waals surface area contributed by atoms with E-state index in [-0.39, 0.29) is 16.9 Å². The average Bonchev–Trinajstić information content (AvgIpc) is 2.26. The topological polar surface area (TPSA) is 52.6 Å². The Labute approximate surface area is 81.4 Å². The van der Waals surface area contributed by atoms with Crippen LogP contribution >= 0.6 is 0 Å². The summed E-state index contributed by atoms with van der Waals surface area (Å²) in [5, 5.41) is 0. The van der Waals surface area contributed by atoms with Crippen molar-refractivity contribution in [3.63, 3.8) is 0 Å². The van der Waals surface area contributed by atoms with Crippen LogP contribution in [0.2, 0.25) is 0 Å². The third-order valence-electron chi connectivity index (χ3n) is 1.76. The normalized spacial score (nSPS) is 9.29. The number of hydrogen-bond donors (Lipinski definition) is 0. The number of ether oxygens (including phenoxy) is 2. The monoisotopic (exact) mass is 192 g/mol. The van der Waals surface area contributed by atoms with Gasteiger partial charge in [-0.15, -0.1) is 0 Å². The third kappa shape index (κ3) is 1.59. The van der Waals surface area contributed by atoms with Gasteiger partial charge >= 0.3 is 0 Å². The van der Waals surface area contributed by atoms with Crippen molar-refractivity contribution in [2.75, 3.05) is 14.2 Å². The van der Waals surface area contributed by atoms with Gasteiger partial charge in [0.1, 0.15) is 0 Å². The molecule has 0 amide bonds.